The molecule has 1 aromatic carbocycles. The molecule has 1 aliphatic heterocycles. The zero-order valence-corrected chi connectivity index (χ0v) is 15.7. The number of ether oxygens (including phenoxy) is 1. The van der Waals surface area contributed by atoms with Crippen LogP contribution in [0, 0.1) is 0 Å². The first-order chi connectivity index (χ1) is 13.1. The molecule has 1 aromatic heterocycles. The van der Waals surface area contributed by atoms with Crippen LogP contribution in [0.2, 0.25) is 0 Å². The van der Waals surface area contributed by atoms with Crippen molar-refractivity contribution in [2.75, 3.05) is 26.3 Å². The van der Waals surface area contributed by atoms with Crippen molar-refractivity contribution in [1.82, 2.24) is 9.62 Å². The van der Waals surface area contributed by atoms with E-state index in [0.29, 0.717) is 13.2 Å². The second kappa shape index (κ2) is 7.46. The third kappa shape index (κ3) is 3.65. The van der Waals surface area contributed by atoms with Gasteiger partial charge in [0.15, 0.2) is 5.76 Å². The molecular weight excluding hydrogens is 368 g/mol. The standard InChI is InChI=1S/C19H22N2O5S/c22-19(20-16-7-3-5-14-4-1-2-6-15(14)16)17-8-9-18(26-17)27(23,24)21-10-12-25-13-11-21/h1-2,4,6,8-9,16H,3,5,7,10-13H2,(H,20,22). The molecule has 2 aromatic rings. The summed E-state index contributed by atoms with van der Waals surface area (Å²) < 4.78 is 37.2. The number of nitrogens with one attached hydrogen (secondary N) is 1. The van der Waals surface area contributed by atoms with Crippen molar-refractivity contribution in [2.45, 2.75) is 30.4 Å². The molecule has 0 bridgehead atoms. The Morgan fingerprint density at radius 2 is 1.89 bits per heavy atom. The number of carbonyl (C=O) groups excluding carboxylic acids is 1. The van der Waals surface area contributed by atoms with Crippen molar-refractivity contribution >= 4 is 15.9 Å². The van der Waals surface area contributed by atoms with E-state index in [2.05, 4.69) is 11.4 Å². The van der Waals surface area contributed by atoms with Crippen molar-refractivity contribution in [1.29, 1.82) is 0 Å². The Bertz CT molecular complexity index is 931. The number of amides is 1. The van der Waals surface area contributed by atoms with Gasteiger partial charge in [0.05, 0.1) is 19.3 Å². The highest BCUT2D eigenvalue weighted by Crippen LogP contribution is 2.30. The van der Waals surface area contributed by atoms with E-state index in [-0.39, 0.29) is 30.0 Å². The van der Waals surface area contributed by atoms with Crippen LogP contribution in [0.5, 0.6) is 0 Å². The predicted molar refractivity (Wildman–Crippen MR) is 97.9 cm³/mol. The van der Waals surface area contributed by atoms with Gasteiger partial charge in [-0.3, -0.25) is 4.79 Å². The quantitative estimate of drug-likeness (QED) is 0.864. The molecule has 1 unspecified atom stereocenters. The molecule has 1 fully saturated rings. The number of sulfonamides is 1. The first-order valence-electron chi connectivity index (χ1n) is 9.12. The minimum absolute atomic E-state index is 0.00453. The summed E-state index contributed by atoms with van der Waals surface area (Å²) in [6, 6.07) is 10.7. The highest BCUT2D eigenvalue weighted by molar-refractivity contribution is 7.89. The van der Waals surface area contributed by atoms with E-state index in [9.17, 15) is 13.2 Å². The van der Waals surface area contributed by atoms with Gasteiger partial charge < -0.3 is 14.5 Å². The topological polar surface area (TPSA) is 88.9 Å². The number of benzene rings is 1. The highest BCUT2D eigenvalue weighted by Gasteiger charge is 2.30. The Morgan fingerprint density at radius 1 is 1.11 bits per heavy atom. The van der Waals surface area contributed by atoms with Gasteiger partial charge in [-0.05, 0) is 42.5 Å². The monoisotopic (exact) mass is 390 g/mol. The maximum absolute atomic E-state index is 12.6. The van der Waals surface area contributed by atoms with Crippen LogP contribution in [0.25, 0.3) is 0 Å². The summed E-state index contributed by atoms with van der Waals surface area (Å²) in [5, 5.41) is 2.76. The number of fused-ring (bicyclic) bond motifs is 1. The van der Waals surface area contributed by atoms with Crippen LogP contribution >= 0.6 is 0 Å². The number of morpholine rings is 1. The van der Waals surface area contributed by atoms with Crippen molar-refractivity contribution in [3.63, 3.8) is 0 Å². The fraction of sp³-hybridized carbons (Fsp3) is 0.421. The van der Waals surface area contributed by atoms with E-state index >= 15 is 0 Å². The van der Waals surface area contributed by atoms with Crippen LogP contribution in [-0.2, 0) is 21.2 Å². The van der Waals surface area contributed by atoms with Gasteiger partial charge in [-0.25, -0.2) is 8.42 Å². The number of rotatable bonds is 4. The predicted octanol–water partition coefficient (Wildman–Crippen LogP) is 2.11. The molecular formula is C19H22N2O5S. The zero-order chi connectivity index (χ0) is 18.9. The van der Waals surface area contributed by atoms with Crippen LogP contribution < -0.4 is 5.32 Å². The molecule has 1 saturated heterocycles. The normalized spacial score (nSPS) is 20.8. The molecule has 0 spiro atoms. The molecule has 1 N–H and O–H groups in total. The second-order valence-electron chi connectivity index (χ2n) is 6.75. The summed E-state index contributed by atoms with van der Waals surface area (Å²) in [4.78, 5) is 12.6. The van der Waals surface area contributed by atoms with E-state index in [1.165, 1.54) is 22.0 Å². The molecule has 1 aliphatic carbocycles. The molecule has 4 rings (SSSR count). The largest absolute Gasteiger partial charge is 0.438 e. The average Bonchev–Trinajstić information content (AvgIpc) is 3.20. The fourth-order valence-electron chi connectivity index (χ4n) is 3.63. The van der Waals surface area contributed by atoms with Gasteiger partial charge in [-0.1, -0.05) is 24.3 Å². The minimum Gasteiger partial charge on any atom is -0.438 e. The molecule has 0 saturated carbocycles. The van der Waals surface area contributed by atoms with E-state index in [0.717, 1.165) is 24.8 Å². The van der Waals surface area contributed by atoms with Gasteiger partial charge in [0.25, 0.3) is 15.9 Å². The maximum atomic E-state index is 12.6. The summed E-state index contributed by atoms with van der Waals surface area (Å²) in [5.41, 5.74) is 2.36. The maximum Gasteiger partial charge on any atom is 0.287 e. The van der Waals surface area contributed by atoms with Gasteiger partial charge >= 0.3 is 0 Å². The number of furan rings is 1. The Morgan fingerprint density at radius 3 is 2.70 bits per heavy atom. The fourth-order valence-corrected chi connectivity index (χ4v) is 4.95. The Labute approximate surface area is 158 Å². The lowest BCUT2D eigenvalue weighted by Crippen LogP contribution is -2.40. The average molecular weight is 390 g/mol. The third-order valence-corrected chi connectivity index (χ3v) is 6.82. The Balaban J connectivity index is 1.50. The lowest BCUT2D eigenvalue weighted by atomic mass is 9.88. The first kappa shape index (κ1) is 18.2. The Hall–Kier alpha value is -2.16. The lowest BCUT2D eigenvalue weighted by molar-refractivity contribution is 0.0722. The Kier molecular flexibility index (Phi) is 5.03. The molecule has 27 heavy (non-hydrogen) atoms. The molecule has 144 valence electrons. The zero-order valence-electron chi connectivity index (χ0n) is 14.9. The van der Waals surface area contributed by atoms with Crippen LogP contribution in [-0.4, -0.2) is 44.9 Å². The van der Waals surface area contributed by atoms with Gasteiger partial charge in [-0.2, -0.15) is 4.31 Å². The molecule has 7 nitrogen and oxygen atoms in total. The van der Waals surface area contributed by atoms with E-state index in [4.69, 9.17) is 9.15 Å². The van der Waals surface area contributed by atoms with Crippen LogP contribution in [0.3, 0.4) is 0 Å². The van der Waals surface area contributed by atoms with Crippen molar-refractivity contribution in [2.24, 2.45) is 0 Å². The number of hydrogen-bond donors (Lipinski definition) is 1. The molecule has 2 aliphatic rings. The van der Waals surface area contributed by atoms with Gasteiger partial charge in [0.2, 0.25) is 5.09 Å². The third-order valence-electron chi connectivity index (χ3n) is 5.04. The lowest BCUT2D eigenvalue weighted by Gasteiger charge is -2.26. The summed E-state index contributed by atoms with van der Waals surface area (Å²) in [5.74, 6) is -0.398. The summed E-state index contributed by atoms with van der Waals surface area (Å²) in [6.07, 6.45) is 2.85. The molecule has 1 atom stereocenters. The molecule has 2 heterocycles. The van der Waals surface area contributed by atoms with E-state index < -0.39 is 15.9 Å². The van der Waals surface area contributed by atoms with Crippen LogP contribution in [0.4, 0.5) is 0 Å². The minimum atomic E-state index is -3.75. The highest BCUT2D eigenvalue weighted by atomic mass is 32.2. The van der Waals surface area contributed by atoms with E-state index in [1.54, 1.807) is 0 Å². The molecule has 1 amide bonds. The van der Waals surface area contributed by atoms with Crippen LogP contribution in [0.15, 0.2) is 45.9 Å². The number of nitrogens with zero attached hydrogens (tertiary/aromatic N) is 1. The van der Waals surface area contributed by atoms with Gasteiger partial charge in [0.1, 0.15) is 0 Å². The number of hydrogen-bond acceptors (Lipinski definition) is 5. The molecule has 8 heteroatoms. The van der Waals surface area contributed by atoms with Crippen molar-refractivity contribution < 1.29 is 22.4 Å². The smallest absolute Gasteiger partial charge is 0.287 e. The van der Waals surface area contributed by atoms with Gasteiger partial charge in [-0.15, -0.1) is 0 Å². The molecule has 0 radical (unpaired) electrons. The SMILES string of the molecule is O=C(NC1CCCc2ccccc21)c1ccc(S(=O)(=O)N2CCOCC2)o1. The summed E-state index contributed by atoms with van der Waals surface area (Å²) in [7, 11) is -3.75. The number of carbonyl (C=O) groups is 1. The summed E-state index contributed by atoms with van der Waals surface area (Å²) >= 11 is 0. The summed E-state index contributed by atoms with van der Waals surface area (Å²) in [6.45, 7) is 1.27. The second-order valence-corrected chi connectivity index (χ2v) is 8.62. The van der Waals surface area contributed by atoms with Crippen molar-refractivity contribution in [3.8, 4) is 0 Å². The first-order valence-corrected chi connectivity index (χ1v) is 10.6. The van der Waals surface area contributed by atoms with Gasteiger partial charge in [0, 0.05) is 13.1 Å². The number of aryl methyl sites for hydroxylation is 1. The van der Waals surface area contributed by atoms with Crippen LogP contribution in [0.1, 0.15) is 40.6 Å². The van der Waals surface area contributed by atoms with Crippen molar-refractivity contribution in [3.05, 3.63) is 53.3 Å². The van der Waals surface area contributed by atoms with E-state index in [1.807, 2.05) is 18.2 Å².